The Kier molecular flexibility index (Phi) is 6.92. The Hall–Kier alpha value is -2.66. The van der Waals surface area contributed by atoms with Gasteiger partial charge in [0.1, 0.15) is 5.75 Å². The fraction of sp³-hybridized carbons (Fsp3) is 0.222. The van der Waals surface area contributed by atoms with Crippen molar-refractivity contribution in [1.82, 2.24) is 5.32 Å². The molecule has 2 aromatic rings. The Bertz CT molecular complexity index is 786. The fourth-order valence-electron chi connectivity index (χ4n) is 2.08. The summed E-state index contributed by atoms with van der Waals surface area (Å²) in [6, 6.07) is 14.2. The van der Waals surface area contributed by atoms with Crippen LogP contribution in [0.2, 0.25) is 0 Å². The summed E-state index contributed by atoms with van der Waals surface area (Å²) in [7, 11) is 0. The molecule has 0 atom stereocenters. The third-order valence-electron chi connectivity index (χ3n) is 3.28. The van der Waals surface area contributed by atoms with Gasteiger partial charge in [-0.05, 0) is 35.9 Å². The number of halogens is 3. The molecule has 4 nitrogen and oxygen atoms in total. The summed E-state index contributed by atoms with van der Waals surface area (Å²) in [4.78, 5) is 11.9. The maximum atomic E-state index is 12.1. The number of ether oxygens (including phenoxy) is 1. The van der Waals surface area contributed by atoms with E-state index in [2.05, 4.69) is 16.1 Å². The molecule has 8 heteroatoms. The van der Waals surface area contributed by atoms with Gasteiger partial charge in [-0.1, -0.05) is 18.2 Å². The van der Waals surface area contributed by atoms with Crippen LogP contribution < -0.4 is 10.1 Å². The maximum Gasteiger partial charge on any atom is 0.573 e. The highest BCUT2D eigenvalue weighted by molar-refractivity contribution is 7.98. The van der Waals surface area contributed by atoms with Crippen molar-refractivity contribution in [1.29, 1.82) is 5.26 Å². The van der Waals surface area contributed by atoms with Crippen LogP contribution in [0.25, 0.3) is 0 Å². The van der Waals surface area contributed by atoms with Gasteiger partial charge in [-0.3, -0.25) is 4.79 Å². The normalized spacial score (nSPS) is 10.8. The second-order valence-corrected chi connectivity index (χ2v) is 6.25. The number of nitrogens with one attached hydrogen (secondary N) is 1. The number of carbonyl (C=O) groups is 1. The van der Waals surface area contributed by atoms with Crippen LogP contribution >= 0.6 is 11.8 Å². The van der Waals surface area contributed by atoms with Crippen LogP contribution in [0.5, 0.6) is 5.75 Å². The first-order valence-electron chi connectivity index (χ1n) is 7.59. The monoisotopic (exact) mass is 380 g/mol. The molecule has 0 saturated carbocycles. The summed E-state index contributed by atoms with van der Waals surface area (Å²) >= 11 is 1.57. The maximum absolute atomic E-state index is 12.1. The molecule has 1 N–H and O–H groups in total. The zero-order valence-corrected chi connectivity index (χ0v) is 14.4. The number of nitrogens with zero attached hydrogens (tertiary/aromatic N) is 1. The quantitative estimate of drug-likeness (QED) is 0.734. The largest absolute Gasteiger partial charge is 0.573 e. The van der Waals surface area contributed by atoms with Crippen LogP contribution in [-0.2, 0) is 5.75 Å². The second kappa shape index (κ2) is 9.15. The molecule has 2 aromatic carbocycles. The van der Waals surface area contributed by atoms with Crippen molar-refractivity contribution in [3.63, 3.8) is 0 Å². The van der Waals surface area contributed by atoms with Crippen LogP contribution in [0, 0.1) is 11.3 Å². The highest BCUT2D eigenvalue weighted by Crippen LogP contribution is 2.22. The Balaban J connectivity index is 1.74. The minimum absolute atomic E-state index is 0.249. The van der Waals surface area contributed by atoms with E-state index in [9.17, 15) is 18.0 Å². The van der Waals surface area contributed by atoms with Crippen molar-refractivity contribution >= 4 is 17.7 Å². The first-order chi connectivity index (χ1) is 12.4. The van der Waals surface area contributed by atoms with Crippen molar-refractivity contribution in [2.45, 2.75) is 12.1 Å². The number of carbonyl (C=O) groups excluding carboxylic acids is 1. The molecular formula is C18H15F3N2O2S. The third kappa shape index (κ3) is 6.33. The van der Waals surface area contributed by atoms with Gasteiger partial charge in [0.05, 0.1) is 11.6 Å². The number of amides is 1. The molecule has 0 heterocycles. The molecule has 0 aliphatic heterocycles. The van der Waals surface area contributed by atoms with E-state index in [1.807, 2.05) is 12.1 Å². The molecular weight excluding hydrogens is 365 g/mol. The van der Waals surface area contributed by atoms with Crippen LogP contribution in [0.3, 0.4) is 0 Å². The number of thioether (sulfide) groups is 1. The van der Waals surface area contributed by atoms with E-state index in [1.165, 1.54) is 12.1 Å². The number of nitriles is 1. The third-order valence-corrected chi connectivity index (χ3v) is 4.29. The molecule has 0 aromatic heterocycles. The lowest BCUT2D eigenvalue weighted by Crippen LogP contribution is -2.25. The molecule has 0 unspecified atom stereocenters. The van der Waals surface area contributed by atoms with Gasteiger partial charge in [-0.15, -0.1) is 13.2 Å². The molecule has 2 rings (SSSR count). The van der Waals surface area contributed by atoms with Crippen molar-refractivity contribution in [2.24, 2.45) is 0 Å². The average Bonchev–Trinajstić information content (AvgIpc) is 2.61. The highest BCUT2D eigenvalue weighted by atomic mass is 32.2. The minimum Gasteiger partial charge on any atom is -0.406 e. The van der Waals surface area contributed by atoms with Crippen molar-refractivity contribution in [2.75, 3.05) is 12.3 Å². The average molecular weight is 380 g/mol. The summed E-state index contributed by atoms with van der Waals surface area (Å²) in [6.45, 7) is 0.402. The van der Waals surface area contributed by atoms with Gasteiger partial charge in [-0.2, -0.15) is 17.0 Å². The number of alkyl halides is 3. The first kappa shape index (κ1) is 19.7. The second-order valence-electron chi connectivity index (χ2n) is 5.15. The van der Waals surface area contributed by atoms with E-state index in [0.29, 0.717) is 23.6 Å². The summed E-state index contributed by atoms with van der Waals surface area (Å²) in [5.74, 6) is 0.548. The molecule has 0 fully saturated rings. The molecule has 1 amide bonds. The van der Waals surface area contributed by atoms with Crippen LogP contribution in [0.4, 0.5) is 13.2 Å². The van der Waals surface area contributed by atoms with Gasteiger partial charge >= 0.3 is 6.36 Å². The van der Waals surface area contributed by atoms with Gasteiger partial charge in [0.2, 0.25) is 0 Å². The zero-order valence-electron chi connectivity index (χ0n) is 13.5. The molecule has 0 saturated heterocycles. The summed E-state index contributed by atoms with van der Waals surface area (Å²) < 4.78 is 40.0. The Labute approximate surface area is 153 Å². The van der Waals surface area contributed by atoms with Gasteiger partial charge in [0.25, 0.3) is 5.91 Å². The van der Waals surface area contributed by atoms with E-state index in [0.717, 1.165) is 17.7 Å². The van der Waals surface area contributed by atoms with Crippen molar-refractivity contribution in [3.05, 3.63) is 65.2 Å². The van der Waals surface area contributed by atoms with E-state index >= 15 is 0 Å². The van der Waals surface area contributed by atoms with Crippen LogP contribution in [0.1, 0.15) is 21.5 Å². The lowest BCUT2D eigenvalue weighted by atomic mass is 10.1. The van der Waals surface area contributed by atoms with E-state index in [4.69, 9.17) is 5.26 Å². The molecule has 0 spiro atoms. The van der Waals surface area contributed by atoms with Crippen LogP contribution in [0.15, 0.2) is 48.5 Å². The molecule has 136 valence electrons. The predicted octanol–water partition coefficient (Wildman–Crippen LogP) is 4.12. The SMILES string of the molecule is N#Cc1ccccc1CSCCNC(=O)c1ccc(OC(F)(F)F)cc1. The lowest BCUT2D eigenvalue weighted by Gasteiger charge is -2.09. The Morgan fingerprint density at radius 1 is 1.15 bits per heavy atom. The first-order valence-corrected chi connectivity index (χ1v) is 8.74. The molecule has 0 aliphatic rings. The van der Waals surface area contributed by atoms with Crippen molar-refractivity contribution in [3.8, 4) is 11.8 Å². The summed E-state index contributed by atoms with van der Waals surface area (Å²) in [5, 5.41) is 11.7. The van der Waals surface area contributed by atoms with Crippen molar-refractivity contribution < 1.29 is 22.7 Å². The lowest BCUT2D eigenvalue weighted by molar-refractivity contribution is -0.274. The minimum atomic E-state index is -4.76. The predicted molar refractivity (Wildman–Crippen MR) is 92.8 cm³/mol. The number of rotatable bonds is 7. The Morgan fingerprint density at radius 2 is 1.85 bits per heavy atom. The van der Waals surface area contributed by atoms with Gasteiger partial charge in [0, 0.05) is 23.6 Å². The van der Waals surface area contributed by atoms with Crippen LogP contribution in [-0.4, -0.2) is 24.6 Å². The van der Waals surface area contributed by atoms with Gasteiger partial charge in [-0.25, -0.2) is 0 Å². The summed E-state index contributed by atoms with van der Waals surface area (Å²) in [6.07, 6.45) is -4.76. The molecule has 0 bridgehead atoms. The topological polar surface area (TPSA) is 62.1 Å². The van der Waals surface area contributed by atoms with E-state index < -0.39 is 6.36 Å². The Morgan fingerprint density at radius 3 is 2.50 bits per heavy atom. The molecule has 0 aliphatic carbocycles. The summed E-state index contributed by atoms with van der Waals surface area (Å²) in [5.41, 5.74) is 1.82. The number of hydrogen-bond donors (Lipinski definition) is 1. The molecule has 0 radical (unpaired) electrons. The van der Waals surface area contributed by atoms with E-state index in [-0.39, 0.29) is 17.2 Å². The zero-order chi connectivity index (χ0) is 19.0. The smallest absolute Gasteiger partial charge is 0.406 e. The van der Waals surface area contributed by atoms with E-state index in [1.54, 1.807) is 23.9 Å². The highest BCUT2D eigenvalue weighted by Gasteiger charge is 2.31. The van der Waals surface area contributed by atoms with Gasteiger partial charge < -0.3 is 10.1 Å². The number of hydrogen-bond acceptors (Lipinski definition) is 4. The standard InChI is InChI=1S/C18H15F3N2O2S/c19-18(20,21)25-16-7-5-13(6-8-16)17(24)23-9-10-26-12-15-4-2-1-3-14(15)11-22/h1-8H,9-10,12H2,(H,23,24). The number of benzene rings is 2. The fourth-order valence-corrected chi connectivity index (χ4v) is 2.95. The molecule has 26 heavy (non-hydrogen) atoms. The van der Waals surface area contributed by atoms with Gasteiger partial charge in [0.15, 0.2) is 0 Å².